The summed E-state index contributed by atoms with van der Waals surface area (Å²) >= 11 is 0. The van der Waals surface area contributed by atoms with E-state index < -0.39 is 0 Å². The first kappa shape index (κ1) is 44.2. The predicted molar refractivity (Wildman–Crippen MR) is 281 cm³/mol. The number of hydrogen-bond donors (Lipinski definition) is 0. The first-order valence-electron chi connectivity index (χ1n) is 22.9. The minimum absolute atomic E-state index is 0.231. The van der Waals surface area contributed by atoms with Gasteiger partial charge in [0.05, 0.1) is 86.5 Å². The molecule has 10 nitrogen and oxygen atoms in total. The third kappa shape index (κ3) is 8.11. The number of nitriles is 6. The summed E-state index contributed by atoms with van der Waals surface area (Å²) in [4.78, 5) is 15.2. The van der Waals surface area contributed by atoms with Gasteiger partial charge in [-0.3, -0.25) is 0 Å². The van der Waals surface area contributed by atoms with Crippen molar-refractivity contribution < 1.29 is 0 Å². The van der Waals surface area contributed by atoms with Gasteiger partial charge >= 0.3 is 0 Å². The van der Waals surface area contributed by atoms with Crippen LogP contribution in [0.4, 0.5) is 0 Å². The molecule has 2 heterocycles. The molecule has 0 unspecified atom stereocenters. The molecule has 0 N–H and O–H groups in total. The van der Waals surface area contributed by atoms with Gasteiger partial charge in [0.2, 0.25) is 0 Å². The number of hydrogen-bond acceptors (Lipinski definition) is 9. The molecule has 0 spiro atoms. The van der Waals surface area contributed by atoms with Gasteiger partial charge < -0.3 is 4.57 Å². The fourth-order valence-electron chi connectivity index (χ4n) is 9.40. The van der Waals surface area contributed by atoms with Crippen LogP contribution in [0.2, 0.25) is 0 Å². The Morgan fingerprint density at radius 3 is 1.08 bits per heavy atom. The highest BCUT2D eigenvalue weighted by molar-refractivity contribution is 6.13. The average Bonchev–Trinajstić information content (AvgIpc) is 3.79. The van der Waals surface area contributed by atoms with Gasteiger partial charge in [0, 0.05) is 49.7 Å². The van der Waals surface area contributed by atoms with E-state index in [-0.39, 0.29) is 11.1 Å². The van der Waals surface area contributed by atoms with E-state index in [0.29, 0.717) is 73.2 Å². The average molecular weight is 929 g/mol. The normalized spacial score (nSPS) is 10.7. The van der Waals surface area contributed by atoms with E-state index in [0.717, 1.165) is 55.2 Å². The van der Waals surface area contributed by atoms with E-state index in [1.807, 2.05) is 133 Å². The lowest BCUT2D eigenvalue weighted by Crippen LogP contribution is -2.05. The first-order valence-corrected chi connectivity index (χ1v) is 22.9. The van der Waals surface area contributed by atoms with Crippen LogP contribution in [0.3, 0.4) is 0 Å². The summed E-state index contributed by atoms with van der Waals surface area (Å²) in [6.45, 7) is 0. The number of fused-ring (bicyclic) bond motifs is 3. The maximum absolute atomic E-state index is 10.9. The molecule has 9 aromatic carbocycles. The molecular formula is C63H32N10. The summed E-state index contributed by atoms with van der Waals surface area (Å²) in [5, 5.41) is 63.5. The minimum Gasteiger partial charge on any atom is -0.308 e. The molecular weight excluding hydrogens is 897 g/mol. The topological polar surface area (TPSA) is 186 Å². The van der Waals surface area contributed by atoms with Crippen molar-refractivity contribution in [3.8, 4) is 121 Å². The van der Waals surface area contributed by atoms with E-state index in [2.05, 4.69) is 53.1 Å². The van der Waals surface area contributed by atoms with E-state index in [9.17, 15) is 31.6 Å². The van der Waals surface area contributed by atoms with Crippen molar-refractivity contribution in [2.45, 2.75) is 0 Å². The van der Waals surface area contributed by atoms with Crippen LogP contribution < -0.4 is 0 Å². The maximum Gasteiger partial charge on any atom is 0.164 e. The fourth-order valence-corrected chi connectivity index (χ4v) is 9.40. The van der Waals surface area contributed by atoms with Crippen LogP contribution in [-0.4, -0.2) is 19.5 Å². The standard InChI is InChI=1S/C63H32N10/c64-33-39-9-7-15-45(25-39)47-19-23-58-54(29-47)55-30-48(46-16-8-10-40(26-46)34-65)20-24-59(55)73(58)60-56(52-21-17-41(35-66)27-50(52)37-68)31-49(32-57(60)53-22-18-42(36-67)28-51(53)38-69)63-71-61(43-11-3-1-4-12-43)70-62(72-63)44-13-5-2-6-14-44/h1-32H. The van der Waals surface area contributed by atoms with Crippen molar-refractivity contribution >= 4 is 21.8 Å². The molecule has 0 fully saturated rings. The highest BCUT2D eigenvalue weighted by Crippen LogP contribution is 2.46. The van der Waals surface area contributed by atoms with Crippen LogP contribution in [0.1, 0.15) is 33.4 Å². The smallest absolute Gasteiger partial charge is 0.164 e. The molecule has 2 aromatic heterocycles. The highest BCUT2D eigenvalue weighted by atomic mass is 15.0. The van der Waals surface area contributed by atoms with Gasteiger partial charge in [0.25, 0.3) is 0 Å². The van der Waals surface area contributed by atoms with Crippen LogP contribution >= 0.6 is 0 Å². The van der Waals surface area contributed by atoms with E-state index in [4.69, 9.17) is 15.0 Å². The van der Waals surface area contributed by atoms with Gasteiger partial charge in [-0.2, -0.15) is 31.6 Å². The molecule has 11 aromatic rings. The van der Waals surface area contributed by atoms with Crippen molar-refractivity contribution in [2.24, 2.45) is 0 Å². The second kappa shape index (κ2) is 18.7. The molecule has 73 heavy (non-hydrogen) atoms. The highest BCUT2D eigenvalue weighted by Gasteiger charge is 2.26. The van der Waals surface area contributed by atoms with Gasteiger partial charge in [-0.25, -0.2) is 15.0 Å². The van der Waals surface area contributed by atoms with Gasteiger partial charge in [-0.05, 0) is 107 Å². The quantitative estimate of drug-likeness (QED) is 0.143. The summed E-state index contributed by atoms with van der Waals surface area (Å²) < 4.78 is 2.13. The molecule has 0 atom stereocenters. The Morgan fingerprint density at radius 1 is 0.288 bits per heavy atom. The monoisotopic (exact) mass is 928 g/mol. The molecule has 0 saturated carbocycles. The molecule has 0 aliphatic heterocycles. The largest absolute Gasteiger partial charge is 0.308 e. The summed E-state index contributed by atoms with van der Waals surface area (Å²) in [6, 6.07) is 73.9. The molecule has 0 saturated heterocycles. The Bertz CT molecular complexity index is 4070. The summed E-state index contributed by atoms with van der Waals surface area (Å²) in [5.74, 6) is 1.17. The third-order valence-corrected chi connectivity index (χ3v) is 12.8. The van der Waals surface area contributed by atoms with E-state index >= 15 is 0 Å². The Kier molecular flexibility index (Phi) is 11.3. The Labute approximate surface area is 419 Å². The molecule has 0 aliphatic carbocycles. The Hall–Kier alpha value is -11.3. The molecule has 334 valence electrons. The van der Waals surface area contributed by atoms with Crippen LogP contribution in [0.15, 0.2) is 194 Å². The van der Waals surface area contributed by atoms with E-state index in [1.165, 1.54) is 0 Å². The zero-order valence-electron chi connectivity index (χ0n) is 38.4. The Morgan fingerprint density at radius 2 is 0.671 bits per heavy atom. The van der Waals surface area contributed by atoms with Crippen molar-refractivity contribution in [3.05, 3.63) is 228 Å². The van der Waals surface area contributed by atoms with Crippen LogP contribution in [-0.2, 0) is 0 Å². The molecule has 11 rings (SSSR count). The molecule has 0 radical (unpaired) electrons. The van der Waals surface area contributed by atoms with Crippen molar-refractivity contribution in [2.75, 3.05) is 0 Å². The molecule has 0 bridgehead atoms. The SMILES string of the molecule is N#Cc1cccc(-c2ccc3c(c2)c2cc(-c4cccc(C#N)c4)ccc2n3-c2c(-c3ccc(C#N)cc3C#N)cc(-c3nc(-c4ccccc4)nc(-c4ccccc4)n3)cc2-c2ccc(C#N)cc2C#N)c1. The van der Waals surface area contributed by atoms with Crippen molar-refractivity contribution in [3.63, 3.8) is 0 Å². The summed E-state index contributed by atoms with van der Waals surface area (Å²) in [5.41, 5.74) is 11.8. The second-order valence-corrected chi connectivity index (χ2v) is 17.1. The molecule has 10 heteroatoms. The molecule has 0 aliphatic rings. The van der Waals surface area contributed by atoms with Crippen LogP contribution in [0.5, 0.6) is 0 Å². The minimum atomic E-state index is 0.231. The second-order valence-electron chi connectivity index (χ2n) is 17.1. The maximum atomic E-state index is 10.9. The lowest BCUT2D eigenvalue weighted by atomic mass is 9.88. The van der Waals surface area contributed by atoms with Crippen LogP contribution in [0.25, 0.3) is 106 Å². The predicted octanol–water partition coefficient (Wildman–Crippen LogP) is 13.9. The number of nitrogens with zero attached hydrogens (tertiary/aromatic N) is 10. The zero-order chi connectivity index (χ0) is 50.0. The number of benzene rings is 9. The van der Waals surface area contributed by atoms with Gasteiger partial charge in [-0.1, -0.05) is 109 Å². The van der Waals surface area contributed by atoms with Gasteiger partial charge in [0.15, 0.2) is 17.5 Å². The lowest BCUT2D eigenvalue weighted by Gasteiger charge is -2.22. The number of rotatable bonds is 8. The number of aromatic nitrogens is 4. The lowest BCUT2D eigenvalue weighted by molar-refractivity contribution is 1.07. The fraction of sp³-hybridized carbons (Fsp3) is 0. The zero-order valence-corrected chi connectivity index (χ0v) is 38.4. The van der Waals surface area contributed by atoms with Gasteiger partial charge in [-0.15, -0.1) is 0 Å². The first-order chi connectivity index (χ1) is 35.9. The third-order valence-electron chi connectivity index (χ3n) is 12.8. The van der Waals surface area contributed by atoms with Crippen LogP contribution in [0, 0.1) is 68.0 Å². The molecule has 0 amide bonds. The Balaban J connectivity index is 1.31. The van der Waals surface area contributed by atoms with Crippen molar-refractivity contribution in [1.82, 2.24) is 19.5 Å². The van der Waals surface area contributed by atoms with Crippen molar-refractivity contribution in [1.29, 1.82) is 31.6 Å². The summed E-state index contributed by atoms with van der Waals surface area (Å²) in [6.07, 6.45) is 0. The van der Waals surface area contributed by atoms with Gasteiger partial charge in [0.1, 0.15) is 0 Å². The summed E-state index contributed by atoms with van der Waals surface area (Å²) in [7, 11) is 0. The van der Waals surface area contributed by atoms with E-state index in [1.54, 1.807) is 48.5 Å².